The smallest absolute Gasteiger partial charge is 0.356 e. The highest BCUT2D eigenvalue weighted by Crippen LogP contribution is 2.02. The maximum absolute atomic E-state index is 11.9. The van der Waals surface area contributed by atoms with Crippen LogP contribution in [0, 0.1) is 11.8 Å². The number of methoxy groups -OCH3 is 1. The Bertz CT molecular complexity index is 696. The molecule has 98 valence electrons. The van der Waals surface area contributed by atoms with Gasteiger partial charge in [-0.15, -0.1) is 0 Å². The molecule has 2 rings (SSSR count). The Labute approximate surface area is 116 Å². The van der Waals surface area contributed by atoms with Gasteiger partial charge in [-0.25, -0.2) is 9.78 Å². The number of pyridine rings is 1. The van der Waals surface area contributed by atoms with Gasteiger partial charge in [0.1, 0.15) is 11.4 Å². The Morgan fingerprint density at radius 3 is 2.40 bits per heavy atom. The summed E-state index contributed by atoms with van der Waals surface area (Å²) in [4.78, 5) is 27.2. The van der Waals surface area contributed by atoms with Gasteiger partial charge < -0.3 is 4.74 Å². The van der Waals surface area contributed by atoms with E-state index in [0.717, 1.165) is 5.56 Å². The third-order valence-electron chi connectivity index (χ3n) is 2.47. The van der Waals surface area contributed by atoms with Gasteiger partial charge in [-0.3, -0.25) is 4.79 Å². The fourth-order valence-electron chi connectivity index (χ4n) is 1.49. The van der Waals surface area contributed by atoms with Gasteiger partial charge in [-0.1, -0.05) is 30.2 Å². The second-order valence-corrected chi connectivity index (χ2v) is 3.84. The highest BCUT2D eigenvalue weighted by atomic mass is 16.5. The molecule has 0 atom stereocenters. The first-order valence-electron chi connectivity index (χ1n) is 5.87. The summed E-state index contributed by atoms with van der Waals surface area (Å²) in [6.45, 7) is 0. The molecule has 1 aromatic heterocycles. The van der Waals surface area contributed by atoms with Crippen molar-refractivity contribution in [3.8, 4) is 11.8 Å². The molecule has 0 spiro atoms. The Kier molecular flexibility index (Phi) is 4.25. The molecule has 0 aliphatic heterocycles. The first-order valence-corrected chi connectivity index (χ1v) is 5.87. The zero-order chi connectivity index (χ0) is 14.4. The van der Waals surface area contributed by atoms with E-state index in [4.69, 9.17) is 0 Å². The van der Waals surface area contributed by atoms with Crippen LogP contribution in [0.4, 0.5) is 0 Å². The first-order chi connectivity index (χ1) is 9.70. The van der Waals surface area contributed by atoms with Gasteiger partial charge >= 0.3 is 5.97 Å². The Hall–Kier alpha value is -2.93. The van der Waals surface area contributed by atoms with Gasteiger partial charge in [0.15, 0.2) is 0 Å². The standard InChI is InChI=1S/C16H11NO3/c1-20-16(19)14-9-5-8-13(17-14)15(18)11-10-12-6-3-2-4-7-12/h2-9H,1H3. The van der Waals surface area contributed by atoms with Crippen molar-refractivity contribution in [3.63, 3.8) is 0 Å². The van der Waals surface area contributed by atoms with Crippen LogP contribution in [-0.2, 0) is 4.74 Å². The Morgan fingerprint density at radius 1 is 1.00 bits per heavy atom. The minimum atomic E-state index is -0.587. The summed E-state index contributed by atoms with van der Waals surface area (Å²) in [6.07, 6.45) is 0. The minimum absolute atomic E-state index is 0.0832. The molecule has 20 heavy (non-hydrogen) atoms. The zero-order valence-corrected chi connectivity index (χ0v) is 10.8. The quantitative estimate of drug-likeness (QED) is 0.474. The normalized spacial score (nSPS) is 9.25. The number of nitrogens with zero attached hydrogens (tertiary/aromatic N) is 1. The number of Topliss-reactive ketones (excluding diaryl/α,β-unsaturated/α-hetero) is 1. The number of ketones is 1. The molecule has 1 aromatic carbocycles. The summed E-state index contributed by atoms with van der Waals surface area (Å²) in [5.74, 6) is 4.21. The first kappa shape index (κ1) is 13.5. The van der Waals surface area contributed by atoms with Gasteiger partial charge in [0.25, 0.3) is 5.78 Å². The lowest BCUT2D eigenvalue weighted by molar-refractivity contribution is 0.0594. The molecule has 0 saturated carbocycles. The van der Waals surface area contributed by atoms with E-state index in [1.165, 1.54) is 19.2 Å². The second kappa shape index (κ2) is 6.30. The van der Waals surface area contributed by atoms with Crippen molar-refractivity contribution < 1.29 is 14.3 Å². The molecular weight excluding hydrogens is 254 g/mol. The number of benzene rings is 1. The van der Waals surface area contributed by atoms with E-state index in [-0.39, 0.29) is 11.4 Å². The Morgan fingerprint density at radius 2 is 1.70 bits per heavy atom. The molecule has 0 saturated heterocycles. The number of esters is 1. The van der Waals surface area contributed by atoms with E-state index in [9.17, 15) is 9.59 Å². The van der Waals surface area contributed by atoms with Crippen LogP contribution >= 0.6 is 0 Å². The number of carbonyl (C=O) groups excluding carboxylic acids is 2. The van der Waals surface area contributed by atoms with Crippen molar-refractivity contribution in [1.82, 2.24) is 4.98 Å². The van der Waals surface area contributed by atoms with E-state index in [1.54, 1.807) is 18.2 Å². The van der Waals surface area contributed by atoms with Crippen molar-refractivity contribution in [2.75, 3.05) is 7.11 Å². The van der Waals surface area contributed by atoms with Crippen molar-refractivity contribution in [3.05, 3.63) is 65.5 Å². The van der Waals surface area contributed by atoms with Gasteiger partial charge in [-0.05, 0) is 30.2 Å². The van der Waals surface area contributed by atoms with Crippen molar-refractivity contribution >= 4 is 11.8 Å². The molecular formula is C16H11NO3. The molecule has 0 aliphatic carbocycles. The van der Waals surface area contributed by atoms with Crippen LogP contribution in [0.2, 0.25) is 0 Å². The van der Waals surface area contributed by atoms with Crippen LogP contribution in [0.5, 0.6) is 0 Å². The molecule has 0 aliphatic rings. The van der Waals surface area contributed by atoms with Crippen LogP contribution in [0.25, 0.3) is 0 Å². The highest BCUT2D eigenvalue weighted by Gasteiger charge is 2.10. The van der Waals surface area contributed by atoms with Crippen LogP contribution < -0.4 is 0 Å². The lowest BCUT2D eigenvalue weighted by Crippen LogP contribution is -2.08. The molecule has 4 heteroatoms. The summed E-state index contributed by atoms with van der Waals surface area (Å²) in [6, 6.07) is 13.7. The maximum atomic E-state index is 11.9. The summed E-state index contributed by atoms with van der Waals surface area (Å²) in [5.41, 5.74) is 0.946. The molecule has 0 unspecified atom stereocenters. The van der Waals surface area contributed by atoms with E-state index in [1.807, 2.05) is 18.2 Å². The molecule has 0 N–H and O–H groups in total. The predicted molar refractivity (Wildman–Crippen MR) is 73.2 cm³/mol. The van der Waals surface area contributed by atoms with Crippen LogP contribution in [-0.4, -0.2) is 23.8 Å². The summed E-state index contributed by atoms with van der Waals surface area (Å²) in [7, 11) is 1.26. The Balaban J connectivity index is 2.22. The van der Waals surface area contributed by atoms with E-state index in [0.29, 0.717) is 0 Å². The van der Waals surface area contributed by atoms with E-state index in [2.05, 4.69) is 21.6 Å². The monoisotopic (exact) mass is 265 g/mol. The van der Waals surface area contributed by atoms with Gasteiger partial charge in [0, 0.05) is 5.56 Å². The molecule has 0 radical (unpaired) electrons. The van der Waals surface area contributed by atoms with Gasteiger partial charge in [0.05, 0.1) is 7.11 Å². The van der Waals surface area contributed by atoms with E-state index >= 15 is 0 Å². The summed E-state index contributed by atoms with van der Waals surface area (Å²) in [5, 5.41) is 0. The number of aromatic nitrogens is 1. The topological polar surface area (TPSA) is 56.3 Å². The van der Waals surface area contributed by atoms with Crippen molar-refractivity contribution in [2.24, 2.45) is 0 Å². The number of hydrogen-bond acceptors (Lipinski definition) is 4. The molecule has 0 bridgehead atoms. The lowest BCUT2D eigenvalue weighted by atomic mass is 10.2. The molecule has 4 nitrogen and oxygen atoms in total. The minimum Gasteiger partial charge on any atom is -0.464 e. The van der Waals surface area contributed by atoms with Crippen LogP contribution in [0.15, 0.2) is 48.5 Å². The SMILES string of the molecule is COC(=O)c1cccc(C(=O)C#Cc2ccccc2)n1. The molecule has 0 fully saturated rings. The average Bonchev–Trinajstić information content (AvgIpc) is 2.53. The van der Waals surface area contributed by atoms with Crippen molar-refractivity contribution in [1.29, 1.82) is 0 Å². The van der Waals surface area contributed by atoms with Crippen molar-refractivity contribution in [2.45, 2.75) is 0 Å². The molecule has 2 aromatic rings. The molecule has 1 heterocycles. The summed E-state index contributed by atoms with van der Waals surface area (Å²) >= 11 is 0. The lowest BCUT2D eigenvalue weighted by Gasteiger charge is -1.99. The zero-order valence-electron chi connectivity index (χ0n) is 10.8. The average molecular weight is 265 g/mol. The molecule has 0 amide bonds. The third kappa shape index (κ3) is 3.30. The van der Waals surface area contributed by atoms with E-state index < -0.39 is 11.8 Å². The second-order valence-electron chi connectivity index (χ2n) is 3.84. The summed E-state index contributed by atoms with van der Waals surface area (Å²) < 4.78 is 4.55. The number of carbonyl (C=O) groups is 2. The number of hydrogen-bond donors (Lipinski definition) is 0. The highest BCUT2D eigenvalue weighted by molar-refractivity contribution is 6.08. The van der Waals surface area contributed by atoms with Gasteiger partial charge in [0.2, 0.25) is 0 Å². The fraction of sp³-hybridized carbons (Fsp3) is 0.0625. The van der Waals surface area contributed by atoms with Crippen LogP contribution in [0.3, 0.4) is 0 Å². The van der Waals surface area contributed by atoms with Gasteiger partial charge in [-0.2, -0.15) is 0 Å². The maximum Gasteiger partial charge on any atom is 0.356 e. The number of rotatable bonds is 2. The number of ether oxygens (including phenoxy) is 1. The van der Waals surface area contributed by atoms with Crippen LogP contribution in [0.1, 0.15) is 26.5 Å². The largest absolute Gasteiger partial charge is 0.464 e. The predicted octanol–water partition coefficient (Wildman–Crippen LogP) is 2.10. The fourth-order valence-corrected chi connectivity index (χ4v) is 1.49. The third-order valence-corrected chi connectivity index (χ3v) is 2.47.